The zero-order chi connectivity index (χ0) is 23.1. The second-order valence-electron chi connectivity index (χ2n) is 7.40. The van der Waals surface area contributed by atoms with Crippen molar-refractivity contribution in [3.05, 3.63) is 86.3 Å². The normalized spacial score (nSPS) is 11.4. The van der Waals surface area contributed by atoms with Crippen LogP contribution in [0.2, 0.25) is 0 Å². The Bertz CT molecular complexity index is 1570. The largest absolute Gasteiger partial charge is 0.380 e. The van der Waals surface area contributed by atoms with Gasteiger partial charge in [0.05, 0.1) is 12.0 Å². The van der Waals surface area contributed by atoms with Gasteiger partial charge in [-0.25, -0.2) is 14.1 Å². The van der Waals surface area contributed by atoms with E-state index >= 15 is 0 Å². The molecule has 0 fully saturated rings. The average molecular weight is 480 g/mol. The Hall–Kier alpha value is -3.40. The molecule has 33 heavy (non-hydrogen) atoms. The molecule has 0 unspecified atom stereocenters. The third-order valence-electron chi connectivity index (χ3n) is 5.33. The number of rotatable bonds is 5. The topological polar surface area (TPSA) is 73.2 Å². The molecule has 0 saturated heterocycles. The Morgan fingerprint density at radius 2 is 1.91 bits per heavy atom. The van der Waals surface area contributed by atoms with E-state index in [-0.39, 0.29) is 17.0 Å². The number of carbonyl (C=O) groups excluding carboxylic acids is 1. The highest BCUT2D eigenvalue weighted by atomic mass is 32.1. The number of benzene rings is 2. The number of thiophene rings is 2. The summed E-state index contributed by atoms with van der Waals surface area (Å²) in [5.41, 5.74) is 4.41. The molecule has 1 N–H and O–H groups in total. The monoisotopic (exact) mass is 479 g/mol. The van der Waals surface area contributed by atoms with Crippen molar-refractivity contribution in [2.75, 3.05) is 12.5 Å². The molecule has 0 radical (unpaired) electrons. The molecule has 2 aromatic carbocycles. The predicted octanol–water partition coefficient (Wildman–Crippen LogP) is 5.32. The zero-order valence-corrected chi connectivity index (χ0v) is 19.3. The molecule has 0 aliphatic heterocycles. The molecule has 0 aliphatic carbocycles. The van der Waals surface area contributed by atoms with Gasteiger partial charge < -0.3 is 4.74 Å². The minimum Gasteiger partial charge on any atom is -0.380 e. The zero-order valence-electron chi connectivity index (χ0n) is 17.7. The highest BCUT2D eigenvalue weighted by Crippen LogP contribution is 2.36. The number of halogens is 1. The van der Waals surface area contributed by atoms with Crippen LogP contribution in [-0.2, 0) is 11.3 Å². The molecule has 0 saturated carbocycles. The Morgan fingerprint density at radius 1 is 1.12 bits per heavy atom. The van der Waals surface area contributed by atoms with Gasteiger partial charge in [-0.2, -0.15) is 0 Å². The average Bonchev–Trinajstić information content (AvgIpc) is 3.35. The minimum absolute atomic E-state index is 0.0672. The van der Waals surface area contributed by atoms with Gasteiger partial charge in [0, 0.05) is 33.2 Å². The lowest BCUT2D eigenvalue weighted by Gasteiger charge is -2.09. The number of ether oxygens (including phenoxy) is 1. The maximum absolute atomic E-state index is 14.5. The lowest BCUT2D eigenvalue weighted by molar-refractivity contribution is 0.101. The first-order valence-corrected chi connectivity index (χ1v) is 11.7. The number of nitrogens with zero attached hydrogens (tertiary/aromatic N) is 2. The SMILES string of the molecule is COCc1c(C(=O)Nn2cnc3sc(C)c(-c4ccccc4)c3c2=O)sc2cccc(F)c12. The van der Waals surface area contributed by atoms with E-state index in [1.807, 2.05) is 37.3 Å². The van der Waals surface area contributed by atoms with Crippen molar-refractivity contribution in [2.45, 2.75) is 13.5 Å². The van der Waals surface area contributed by atoms with E-state index in [0.717, 1.165) is 32.0 Å². The third kappa shape index (κ3) is 3.64. The standard InChI is InChI=1S/C24H18FN3O3S2/c1-13-18(14-7-4-3-5-8-14)20-23(32-13)26-12-28(24(20)30)27-22(29)21-15(11-31-2)19-16(25)9-6-10-17(19)33-21/h3-10,12H,11H2,1-2H3,(H,27,29). The van der Waals surface area contributed by atoms with Gasteiger partial charge in [-0.15, -0.1) is 22.7 Å². The number of fused-ring (bicyclic) bond motifs is 2. The van der Waals surface area contributed by atoms with Crippen LogP contribution >= 0.6 is 22.7 Å². The third-order valence-corrected chi connectivity index (χ3v) is 7.54. The molecule has 1 amide bonds. The predicted molar refractivity (Wildman–Crippen MR) is 130 cm³/mol. The summed E-state index contributed by atoms with van der Waals surface area (Å²) >= 11 is 2.59. The van der Waals surface area contributed by atoms with Crippen LogP contribution in [0.25, 0.3) is 31.4 Å². The molecule has 0 bridgehead atoms. The summed E-state index contributed by atoms with van der Waals surface area (Å²) in [5, 5.41) is 0.807. The van der Waals surface area contributed by atoms with Crippen molar-refractivity contribution >= 4 is 48.9 Å². The molecule has 166 valence electrons. The number of carbonyl (C=O) groups is 1. The molecule has 9 heteroatoms. The Kier molecular flexibility index (Phi) is 5.53. The van der Waals surface area contributed by atoms with E-state index in [1.165, 1.54) is 30.8 Å². The van der Waals surface area contributed by atoms with E-state index in [9.17, 15) is 14.0 Å². The van der Waals surface area contributed by atoms with E-state index in [4.69, 9.17) is 4.74 Å². The molecular weight excluding hydrogens is 461 g/mol. The minimum atomic E-state index is -0.529. The molecule has 3 heterocycles. The number of amides is 1. The molecule has 0 aliphatic rings. The van der Waals surface area contributed by atoms with Crippen LogP contribution in [0.1, 0.15) is 20.1 Å². The van der Waals surface area contributed by atoms with Gasteiger partial charge in [-0.3, -0.25) is 15.0 Å². The summed E-state index contributed by atoms with van der Waals surface area (Å²) in [6.07, 6.45) is 1.30. The lowest BCUT2D eigenvalue weighted by atomic mass is 10.0. The number of nitrogens with one attached hydrogen (secondary N) is 1. The van der Waals surface area contributed by atoms with Gasteiger partial charge in [0.15, 0.2) is 0 Å². The molecule has 0 spiro atoms. The highest BCUT2D eigenvalue weighted by Gasteiger charge is 2.22. The van der Waals surface area contributed by atoms with Crippen LogP contribution in [0, 0.1) is 12.7 Å². The molecule has 0 atom stereocenters. The second kappa shape index (κ2) is 8.51. The summed E-state index contributed by atoms with van der Waals surface area (Å²) < 4.78 is 21.4. The van der Waals surface area contributed by atoms with E-state index in [2.05, 4.69) is 10.4 Å². The summed E-state index contributed by atoms with van der Waals surface area (Å²) in [5.74, 6) is -0.949. The van der Waals surface area contributed by atoms with E-state index < -0.39 is 11.7 Å². The fourth-order valence-electron chi connectivity index (χ4n) is 3.93. The highest BCUT2D eigenvalue weighted by molar-refractivity contribution is 7.21. The van der Waals surface area contributed by atoms with Crippen LogP contribution in [0.3, 0.4) is 0 Å². The first-order valence-electron chi connectivity index (χ1n) is 10.1. The van der Waals surface area contributed by atoms with Crippen molar-refractivity contribution in [2.24, 2.45) is 0 Å². The fraction of sp³-hybridized carbons (Fsp3) is 0.125. The molecule has 6 nitrogen and oxygen atoms in total. The van der Waals surface area contributed by atoms with Gasteiger partial charge in [0.25, 0.3) is 11.5 Å². The summed E-state index contributed by atoms with van der Waals surface area (Å²) in [4.78, 5) is 32.8. The van der Waals surface area contributed by atoms with E-state index in [0.29, 0.717) is 25.9 Å². The number of hydrogen-bond acceptors (Lipinski definition) is 6. The van der Waals surface area contributed by atoms with Crippen molar-refractivity contribution in [3.8, 4) is 11.1 Å². The van der Waals surface area contributed by atoms with Crippen molar-refractivity contribution in [1.82, 2.24) is 9.66 Å². The number of aryl methyl sites for hydroxylation is 1. The summed E-state index contributed by atoms with van der Waals surface area (Å²) in [6, 6.07) is 14.3. The lowest BCUT2D eigenvalue weighted by Crippen LogP contribution is -2.33. The Morgan fingerprint density at radius 3 is 2.67 bits per heavy atom. The summed E-state index contributed by atoms with van der Waals surface area (Å²) in [7, 11) is 1.48. The first-order chi connectivity index (χ1) is 16.0. The molecule has 3 aromatic heterocycles. The van der Waals surface area contributed by atoms with Gasteiger partial charge in [0.1, 0.15) is 21.9 Å². The quantitative estimate of drug-likeness (QED) is 0.370. The van der Waals surface area contributed by atoms with Gasteiger partial charge in [0.2, 0.25) is 0 Å². The Balaban J connectivity index is 1.60. The van der Waals surface area contributed by atoms with Gasteiger partial charge >= 0.3 is 0 Å². The Labute approximate surface area is 195 Å². The smallest absolute Gasteiger partial charge is 0.281 e. The van der Waals surface area contributed by atoms with E-state index in [1.54, 1.807) is 12.1 Å². The van der Waals surface area contributed by atoms with Crippen LogP contribution in [0.5, 0.6) is 0 Å². The van der Waals surface area contributed by atoms with Crippen molar-refractivity contribution in [3.63, 3.8) is 0 Å². The van der Waals surface area contributed by atoms with Gasteiger partial charge in [-0.1, -0.05) is 36.4 Å². The maximum atomic E-state index is 14.5. The van der Waals surface area contributed by atoms with Crippen molar-refractivity contribution in [1.29, 1.82) is 0 Å². The second-order valence-corrected chi connectivity index (χ2v) is 9.65. The molecular formula is C24H18FN3O3S2. The number of methoxy groups -OCH3 is 1. The fourth-order valence-corrected chi connectivity index (χ4v) is 6.04. The number of aromatic nitrogens is 2. The van der Waals surface area contributed by atoms with Crippen molar-refractivity contribution < 1.29 is 13.9 Å². The maximum Gasteiger partial charge on any atom is 0.281 e. The molecule has 5 aromatic rings. The summed E-state index contributed by atoms with van der Waals surface area (Å²) in [6.45, 7) is 2.01. The molecule has 5 rings (SSSR count). The van der Waals surface area contributed by atoms with Crippen LogP contribution in [0.15, 0.2) is 59.7 Å². The van der Waals surface area contributed by atoms with Crippen LogP contribution in [0.4, 0.5) is 4.39 Å². The first kappa shape index (κ1) is 21.4. The van der Waals surface area contributed by atoms with Crippen LogP contribution < -0.4 is 11.0 Å². The van der Waals surface area contributed by atoms with Gasteiger partial charge in [-0.05, 0) is 24.6 Å². The van der Waals surface area contributed by atoms with Crippen LogP contribution in [-0.4, -0.2) is 22.7 Å². The number of hydrogen-bond donors (Lipinski definition) is 1.